The van der Waals surface area contributed by atoms with Crippen molar-refractivity contribution >= 4 is 17.8 Å². The van der Waals surface area contributed by atoms with Gasteiger partial charge in [-0.15, -0.1) is 0 Å². The minimum Gasteiger partial charge on any atom is -0.462 e. The molecule has 1 saturated heterocycles. The van der Waals surface area contributed by atoms with Crippen LogP contribution in [-0.4, -0.2) is 47.4 Å². The van der Waals surface area contributed by atoms with Gasteiger partial charge in [-0.2, -0.15) is 0 Å². The summed E-state index contributed by atoms with van der Waals surface area (Å²) in [6.07, 6.45) is 2.03. The van der Waals surface area contributed by atoms with Crippen LogP contribution in [0.25, 0.3) is 0 Å². The van der Waals surface area contributed by atoms with Crippen LogP contribution in [0.3, 0.4) is 0 Å². The number of rotatable bonds is 7. The van der Waals surface area contributed by atoms with Crippen molar-refractivity contribution in [2.75, 3.05) is 19.7 Å². The van der Waals surface area contributed by atoms with Crippen LogP contribution in [-0.2, 0) is 9.53 Å². The number of aromatic nitrogens is 1. The van der Waals surface area contributed by atoms with E-state index in [1.165, 1.54) is 0 Å². The van der Waals surface area contributed by atoms with Crippen LogP contribution in [0, 0.1) is 19.8 Å². The molecular weight excluding hydrogens is 406 g/mol. The largest absolute Gasteiger partial charge is 0.462 e. The molecule has 0 radical (unpaired) electrons. The van der Waals surface area contributed by atoms with E-state index < -0.39 is 5.97 Å². The summed E-state index contributed by atoms with van der Waals surface area (Å²) in [6.45, 7) is 8.77. The Kier molecular flexibility index (Phi) is 7.72. The second kappa shape index (κ2) is 10.5. The average Bonchev–Trinajstić information content (AvgIpc) is 3.08. The summed E-state index contributed by atoms with van der Waals surface area (Å²) in [5, 5.41) is 3.07. The minimum atomic E-state index is -0.410. The Morgan fingerprint density at radius 3 is 2.44 bits per heavy atom. The Balaban J connectivity index is 1.53. The monoisotopic (exact) mass is 439 g/mol. The topological polar surface area (TPSA) is 91.5 Å². The molecule has 1 atom stereocenters. The lowest BCUT2D eigenvalue weighted by Crippen LogP contribution is -2.40. The number of nitrogens with zero attached hydrogens (tertiary/aromatic N) is 1. The van der Waals surface area contributed by atoms with Crippen molar-refractivity contribution in [3.63, 3.8) is 0 Å². The zero-order valence-electron chi connectivity index (χ0n) is 19.4. The first kappa shape index (κ1) is 23.6. The maximum atomic E-state index is 13.1. The molecule has 2 N–H and O–H groups in total. The number of hydrogen-bond acceptors (Lipinski definition) is 4. The number of likely N-dealkylation sites (tertiary alicyclic amines) is 1. The predicted octanol–water partition coefficient (Wildman–Crippen LogP) is 3.93. The van der Waals surface area contributed by atoms with Crippen molar-refractivity contribution < 1.29 is 19.1 Å². The lowest BCUT2D eigenvalue weighted by molar-refractivity contribution is -0.122. The number of carbonyl (C=O) groups is 3. The summed E-state index contributed by atoms with van der Waals surface area (Å²) >= 11 is 0. The fraction of sp³-hybridized carbons (Fsp3) is 0.480. The second-order valence-electron chi connectivity index (χ2n) is 8.49. The highest BCUT2D eigenvalue weighted by atomic mass is 16.5. The van der Waals surface area contributed by atoms with Gasteiger partial charge in [0.05, 0.1) is 18.2 Å². The van der Waals surface area contributed by atoms with Gasteiger partial charge in [-0.3, -0.25) is 9.59 Å². The van der Waals surface area contributed by atoms with Crippen molar-refractivity contribution in [2.24, 2.45) is 5.92 Å². The van der Waals surface area contributed by atoms with Crippen LogP contribution in [0.5, 0.6) is 0 Å². The summed E-state index contributed by atoms with van der Waals surface area (Å²) < 4.78 is 5.11. The van der Waals surface area contributed by atoms with Gasteiger partial charge in [0.2, 0.25) is 5.91 Å². The highest BCUT2D eigenvalue weighted by Gasteiger charge is 2.29. The number of nitrogens with one attached hydrogen (secondary N) is 2. The van der Waals surface area contributed by atoms with Crippen molar-refractivity contribution in [1.82, 2.24) is 15.2 Å². The number of H-pyrrole nitrogens is 1. The summed E-state index contributed by atoms with van der Waals surface area (Å²) in [4.78, 5) is 42.6. The van der Waals surface area contributed by atoms with E-state index in [1.54, 1.807) is 25.7 Å². The van der Waals surface area contributed by atoms with E-state index in [0.29, 0.717) is 42.0 Å². The molecule has 32 heavy (non-hydrogen) atoms. The van der Waals surface area contributed by atoms with E-state index in [1.807, 2.05) is 37.3 Å². The lowest BCUT2D eigenvalue weighted by Gasteiger charge is -2.32. The van der Waals surface area contributed by atoms with Gasteiger partial charge in [0.25, 0.3) is 5.91 Å². The molecule has 7 heteroatoms. The van der Waals surface area contributed by atoms with E-state index >= 15 is 0 Å². The van der Waals surface area contributed by atoms with E-state index in [2.05, 4.69) is 10.3 Å². The summed E-state index contributed by atoms with van der Waals surface area (Å²) in [5.41, 5.74) is 3.23. The highest BCUT2D eigenvalue weighted by Crippen LogP contribution is 2.25. The van der Waals surface area contributed by atoms with Gasteiger partial charge in [0.15, 0.2) is 0 Å². The Labute approximate surface area is 189 Å². The molecule has 1 aromatic heterocycles. The molecule has 7 nitrogen and oxygen atoms in total. The van der Waals surface area contributed by atoms with Crippen molar-refractivity contribution in [3.05, 3.63) is 58.4 Å². The highest BCUT2D eigenvalue weighted by molar-refractivity contribution is 6.00. The number of esters is 1. The standard InChI is InChI=1S/C25H33N3O4/c1-5-32-25(31)22-16(2)23(27-18(22)4)24(30)28-13-11-19(12-14-28)15-21(29)26-17(3)20-9-7-6-8-10-20/h6-10,17,19,27H,5,11-15H2,1-4H3,(H,26,29)/t17-/m1/s1. The van der Waals surface area contributed by atoms with Gasteiger partial charge in [0, 0.05) is 25.2 Å². The smallest absolute Gasteiger partial charge is 0.340 e. The van der Waals surface area contributed by atoms with Gasteiger partial charge in [-0.25, -0.2) is 4.79 Å². The molecule has 0 aliphatic carbocycles. The molecule has 3 rings (SSSR count). The molecule has 2 heterocycles. The molecule has 1 aliphatic heterocycles. The summed E-state index contributed by atoms with van der Waals surface area (Å²) in [7, 11) is 0. The normalized spacial score (nSPS) is 15.3. The first-order valence-corrected chi connectivity index (χ1v) is 11.3. The average molecular weight is 440 g/mol. The molecule has 0 bridgehead atoms. The van der Waals surface area contributed by atoms with Crippen LogP contribution in [0.2, 0.25) is 0 Å². The number of carbonyl (C=O) groups excluding carboxylic acids is 3. The molecule has 0 unspecified atom stereocenters. The van der Waals surface area contributed by atoms with E-state index in [4.69, 9.17) is 4.74 Å². The predicted molar refractivity (Wildman–Crippen MR) is 122 cm³/mol. The number of amides is 2. The van der Waals surface area contributed by atoms with Crippen LogP contribution in [0.15, 0.2) is 30.3 Å². The zero-order valence-corrected chi connectivity index (χ0v) is 19.4. The number of aryl methyl sites for hydroxylation is 1. The van der Waals surface area contributed by atoms with Gasteiger partial charge < -0.3 is 19.9 Å². The minimum absolute atomic E-state index is 0.0296. The Morgan fingerprint density at radius 2 is 1.81 bits per heavy atom. The molecule has 0 saturated carbocycles. The number of aromatic amines is 1. The summed E-state index contributed by atoms with van der Waals surface area (Å²) in [5.74, 6) is -0.223. The number of piperidine rings is 1. The van der Waals surface area contributed by atoms with E-state index in [-0.39, 0.29) is 30.4 Å². The fourth-order valence-corrected chi connectivity index (χ4v) is 4.36. The van der Waals surface area contributed by atoms with Crippen molar-refractivity contribution in [2.45, 2.75) is 53.0 Å². The molecule has 2 amide bonds. The third kappa shape index (κ3) is 5.39. The first-order valence-electron chi connectivity index (χ1n) is 11.3. The van der Waals surface area contributed by atoms with Crippen LogP contribution >= 0.6 is 0 Å². The second-order valence-corrected chi connectivity index (χ2v) is 8.49. The maximum absolute atomic E-state index is 13.1. The third-order valence-electron chi connectivity index (χ3n) is 6.18. The van der Waals surface area contributed by atoms with Crippen molar-refractivity contribution in [1.29, 1.82) is 0 Å². The molecule has 1 fully saturated rings. The maximum Gasteiger partial charge on any atom is 0.340 e. The molecule has 1 aromatic carbocycles. The molecule has 2 aromatic rings. The Morgan fingerprint density at radius 1 is 1.16 bits per heavy atom. The SMILES string of the molecule is CCOC(=O)c1c(C)[nH]c(C(=O)N2CCC(CC(=O)N[C@H](C)c3ccccc3)CC2)c1C. The van der Waals surface area contributed by atoms with Gasteiger partial charge >= 0.3 is 5.97 Å². The van der Waals surface area contributed by atoms with E-state index in [9.17, 15) is 14.4 Å². The molecule has 0 spiro atoms. The fourth-order valence-electron chi connectivity index (χ4n) is 4.36. The first-order chi connectivity index (χ1) is 15.3. The van der Waals surface area contributed by atoms with Crippen LogP contribution < -0.4 is 5.32 Å². The van der Waals surface area contributed by atoms with Gasteiger partial charge in [-0.05, 0) is 57.6 Å². The lowest BCUT2D eigenvalue weighted by atomic mass is 9.92. The van der Waals surface area contributed by atoms with Gasteiger partial charge in [-0.1, -0.05) is 30.3 Å². The van der Waals surface area contributed by atoms with Gasteiger partial charge in [0.1, 0.15) is 5.69 Å². The molecule has 172 valence electrons. The summed E-state index contributed by atoms with van der Waals surface area (Å²) in [6, 6.07) is 9.87. The Bertz CT molecular complexity index is 959. The number of benzene rings is 1. The van der Waals surface area contributed by atoms with E-state index in [0.717, 1.165) is 18.4 Å². The van der Waals surface area contributed by atoms with Crippen LogP contribution in [0.4, 0.5) is 0 Å². The third-order valence-corrected chi connectivity index (χ3v) is 6.18. The number of hydrogen-bond donors (Lipinski definition) is 2. The number of ether oxygens (including phenoxy) is 1. The zero-order chi connectivity index (χ0) is 23.3. The molecule has 1 aliphatic rings. The molecular formula is C25H33N3O4. The Hall–Kier alpha value is -3.09. The van der Waals surface area contributed by atoms with Crippen LogP contribution in [0.1, 0.15) is 76.8 Å². The van der Waals surface area contributed by atoms with Crippen molar-refractivity contribution in [3.8, 4) is 0 Å². The quantitative estimate of drug-likeness (QED) is 0.640.